The number of aromatic nitrogens is 2. The van der Waals surface area contributed by atoms with Crippen molar-refractivity contribution >= 4 is 55.2 Å². The van der Waals surface area contributed by atoms with Crippen molar-refractivity contribution in [2.75, 3.05) is 7.11 Å². The molecule has 4 heteroatoms. The number of rotatable bonds is 1. The smallest absolute Gasteiger partial charge is 0.119 e. The van der Waals surface area contributed by atoms with Gasteiger partial charge in [0.2, 0.25) is 0 Å². The second-order valence-corrected chi connectivity index (χ2v) is 7.69. The SMILES string of the molecule is COc1ccc2nc3cc(Cl)ccc3cc2c1.c1ccc2nc3ccccc3cc2c1. The molecule has 0 N–H and O–H groups in total. The highest BCUT2D eigenvalue weighted by Gasteiger charge is 2.02. The van der Waals surface area contributed by atoms with Gasteiger partial charge in [-0.05, 0) is 54.6 Å². The van der Waals surface area contributed by atoms with Gasteiger partial charge in [0.05, 0.1) is 29.2 Å². The molecule has 0 saturated carbocycles. The molecule has 3 nitrogen and oxygen atoms in total. The van der Waals surface area contributed by atoms with Gasteiger partial charge in [-0.2, -0.15) is 0 Å². The maximum Gasteiger partial charge on any atom is 0.119 e. The van der Waals surface area contributed by atoms with E-state index in [4.69, 9.17) is 16.3 Å². The topological polar surface area (TPSA) is 35.0 Å². The molecule has 6 rings (SSSR count). The molecule has 6 aromatic rings. The van der Waals surface area contributed by atoms with E-state index in [9.17, 15) is 0 Å². The first-order valence-corrected chi connectivity index (χ1v) is 10.4. The van der Waals surface area contributed by atoms with Crippen LogP contribution in [0.3, 0.4) is 0 Å². The highest BCUT2D eigenvalue weighted by Crippen LogP contribution is 2.25. The molecule has 0 saturated heterocycles. The average Bonchev–Trinajstić information content (AvgIpc) is 2.81. The summed E-state index contributed by atoms with van der Waals surface area (Å²) in [5.74, 6) is 0.840. The standard InChI is InChI=1S/C14H10ClNO.C13H9N/c1-17-12-4-5-13-10(7-12)6-9-2-3-11(15)8-14(9)16-13;1-3-7-12-10(5-1)9-11-6-2-4-8-13(11)14-12/h2-8H,1H3;1-9H. The number of hydrogen-bond acceptors (Lipinski definition) is 3. The van der Waals surface area contributed by atoms with Gasteiger partial charge >= 0.3 is 0 Å². The largest absolute Gasteiger partial charge is 0.497 e. The lowest BCUT2D eigenvalue weighted by molar-refractivity contribution is 0.415. The van der Waals surface area contributed by atoms with Crippen LogP contribution in [0.5, 0.6) is 5.75 Å². The second-order valence-electron chi connectivity index (χ2n) is 7.26. The van der Waals surface area contributed by atoms with Crippen molar-refractivity contribution in [3.8, 4) is 5.75 Å². The van der Waals surface area contributed by atoms with Crippen LogP contribution < -0.4 is 4.74 Å². The van der Waals surface area contributed by atoms with Crippen LogP contribution in [0.25, 0.3) is 43.6 Å². The van der Waals surface area contributed by atoms with Crippen LogP contribution in [-0.4, -0.2) is 17.1 Å². The summed E-state index contributed by atoms with van der Waals surface area (Å²) in [5.41, 5.74) is 3.98. The number of methoxy groups -OCH3 is 1. The fraction of sp³-hybridized carbons (Fsp3) is 0.0370. The highest BCUT2D eigenvalue weighted by atomic mass is 35.5. The predicted octanol–water partition coefficient (Wildman–Crippen LogP) is 7.44. The van der Waals surface area contributed by atoms with Gasteiger partial charge in [-0.15, -0.1) is 0 Å². The summed E-state index contributed by atoms with van der Waals surface area (Å²) in [4.78, 5) is 9.15. The lowest BCUT2D eigenvalue weighted by atomic mass is 10.1. The molecule has 2 heterocycles. The summed E-state index contributed by atoms with van der Waals surface area (Å²) < 4.78 is 5.20. The number of halogens is 1. The summed E-state index contributed by atoms with van der Waals surface area (Å²) in [5, 5.41) is 5.25. The van der Waals surface area contributed by atoms with E-state index >= 15 is 0 Å². The van der Waals surface area contributed by atoms with E-state index in [1.165, 1.54) is 10.8 Å². The molecule has 4 aromatic carbocycles. The normalized spacial score (nSPS) is 10.9. The molecule has 0 spiro atoms. The summed E-state index contributed by atoms with van der Waals surface area (Å²) in [6.45, 7) is 0. The van der Waals surface area contributed by atoms with Crippen molar-refractivity contribution in [1.82, 2.24) is 9.97 Å². The van der Waals surface area contributed by atoms with Gasteiger partial charge in [0.25, 0.3) is 0 Å². The molecule has 0 unspecified atom stereocenters. The first kappa shape index (κ1) is 19.3. The van der Waals surface area contributed by atoms with Crippen molar-refractivity contribution < 1.29 is 4.74 Å². The molecule has 0 radical (unpaired) electrons. The molecular weight excluding hydrogens is 404 g/mol. The Bertz CT molecular complexity index is 1440. The molecule has 0 aliphatic rings. The van der Waals surface area contributed by atoms with E-state index in [0.29, 0.717) is 5.02 Å². The minimum absolute atomic E-state index is 0.706. The average molecular weight is 423 g/mol. The van der Waals surface area contributed by atoms with Gasteiger partial charge in [0.1, 0.15) is 5.75 Å². The molecule has 0 aliphatic carbocycles. The van der Waals surface area contributed by atoms with E-state index in [1.807, 2.05) is 72.8 Å². The Morgan fingerprint density at radius 1 is 0.548 bits per heavy atom. The fourth-order valence-electron chi connectivity index (χ4n) is 3.63. The minimum Gasteiger partial charge on any atom is -0.497 e. The van der Waals surface area contributed by atoms with E-state index in [2.05, 4.69) is 34.2 Å². The molecule has 0 bridgehead atoms. The predicted molar refractivity (Wildman–Crippen MR) is 130 cm³/mol. The van der Waals surface area contributed by atoms with E-state index < -0.39 is 0 Å². The number of nitrogens with zero attached hydrogens (tertiary/aromatic N) is 2. The van der Waals surface area contributed by atoms with Crippen LogP contribution in [-0.2, 0) is 0 Å². The van der Waals surface area contributed by atoms with Crippen LogP contribution in [0.4, 0.5) is 0 Å². The Hall–Kier alpha value is -3.69. The molecule has 31 heavy (non-hydrogen) atoms. The van der Waals surface area contributed by atoms with Gasteiger partial charge in [0, 0.05) is 26.6 Å². The third kappa shape index (κ3) is 4.00. The molecule has 2 aromatic heterocycles. The maximum atomic E-state index is 5.96. The van der Waals surface area contributed by atoms with Gasteiger partial charge in [-0.25, -0.2) is 9.97 Å². The number of ether oxygens (including phenoxy) is 1. The van der Waals surface area contributed by atoms with Crippen LogP contribution >= 0.6 is 11.6 Å². The Morgan fingerprint density at radius 2 is 1.13 bits per heavy atom. The molecule has 0 atom stereocenters. The zero-order chi connectivity index (χ0) is 21.2. The number of hydrogen-bond donors (Lipinski definition) is 0. The van der Waals surface area contributed by atoms with Crippen LogP contribution in [0.15, 0.2) is 97.1 Å². The van der Waals surface area contributed by atoms with Crippen molar-refractivity contribution in [1.29, 1.82) is 0 Å². The van der Waals surface area contributed by atoms with Crippen molar-refractivity contribution in [2.24, 2.45) is 0 Å². The third-order valence-electron chi connectivity index (χ3n) is 5.20. The fourth-order valence-corrected chi connectivity index (χ4v) is 3.80. The number of para-hydroxylation sites is 2. The van der Waals surface area contributed by atoms with Crippen LogP contribution in [0.1, 0.15) is 0 Å². The van der Waals surface area contributed by atoms with Crippen LogP contribution in [0.2, 0.25) is 5.02 Å². The number of benzene rings is 4. The summed E-state index contributed by atoms with van der Waals surface area (Å²) in [6, 6.07) is 32.2. The Kier molecular flexibility index (Phi) is 5.11. The number of fused-ring (bicyclic) bond motifs is 4. The summed E-state index contributed by atoms with van der Waals surface area (Å²) in [6.07, 6.45) is 0. The first-order chi connectivity index (χ1) is 15.2. The zero-order valence-corrected chi connectivity index (χ0v) is 17.7. The van der Waals surface area contributed by atoms with Gasteiger partial charge in [-0.1, -0.05) is 54.1 Å². The van der Waals surface area contributed by atoms with Crippen molar-refractivity contribution in [3.63, 3.8) is 0 Å². The zero-order valence-electron chi connectivity index (χ0n) is 16.9. The lowest BCUT2D eigenvalue weighted by Gasteiger charge is -2.04. The minimum atomic E-state index is 0.706. The quantitative estimate of drug-likeness (QED) is 0.258. The molecular formula is C27H19ClN2O. The van der Waals surface area contributed by atoms with E-state index in [-0.39, 0.29) is 0 Å². The van der Waals surface area contributed by atoms with Gasteiger partial charge in [0.15, 0.2) is 0 Å². The lowest BCUT2D eigenvalue weighted by Crippen LogP contribution is -1.85. The van der Waals surface area contributed by atoms with Crippen LogP contribution in [0, 0.1) is 0 Å². The maximum absolute atomic E-state index is 5.96. The van der Waals surface area contributed by atoms with E-state index in [0.717, 1.165) is 38.6 Å². The van der Waals surface area contributed by atoms with E-state index in [1.54, 1.807) is 7.11 Å². The Labute approximate surface area is 184 Å². The first-order valence-electron chi connectivity index (χ1n) is 9.98. The Morgan fingerprint density at radius 3 is 1.84 bits per heavy atom. The molecule has 0 amide bonds. The molecule has 150 valence electrons. The summed E-state index contributed by atoms with van der Waals surface area (Å²) >= 11 is 5.96. The Balaban J connectivity index is 0.000000134. The van der Waals surface area contributed by atoms with Crippen molar-refractivity contribution in [3.05, 3.63) is 102 Å². The molecule has 0 fully saturated rings. The van der Waals surface area contributed by atoms with Gasteiger partial charge < -0.3 is 4.74 Å². The monoisotopic (exact) mass is 422 g/mol. The summed E-state index contributed by atoms with van der Waals surface area (Å²) in [7, 11) is 1.66. The third-order valence-corrected chi connectivity index (χ3v) is 5.44. The number of pyridine rings is 2. The highest BCUT2D eigenvalue weighted by molar-refractivity contribution is 6.31. The second kappa shape index (κ2) is 8.21. The molecule has 0 aliphatic heterocycles. The van der Waals surface area contributed by atoms with Gasteiger partial charge in [-0.3, -0.25) is 0 Å². The van der Waals surface area contributed by atoms with Crippen molar-refractivity contribution in [2.45, 2.75) is 0 Å².